The molecule has 20 heavy (non-hydrogen) atoms. The summed E-state index contributed by atoms with van der Waals surface area (Å²) < 4.78 is 5.72. The smallest absolute Gasteiger partial charge is 0.124 e. The molecule has 1 atom stereocenters. The summed E-state index contributed by atoms with van der Waals surface area (Å²) in [5.41, 5.74) is 4.16. The topological polar surface area (TPSA) is 47.3 Å². The van der Waals surface area contributed by atoms with Gasteiger partial charge in [-0.05, 0) is 31.7 Å². The van der Waals surface area contributed by atoms with E-state index in [1.807, 2.05) is 19.1 Å². The minimum absolute atomic E-state index is 0.194. The zero-order chi connectivity index (χ0) is 14.2. The molecule has 3 heteroatoms. The van der Waals surface area contributed by atoms with Crippen molar-refractivity contribution in [2.24, 2.45) is 11.8 Å². The molecule has 1 unspecified atom stereocenters. The van der Waals surface area contributed by atoms with Gasteiger partial charge >= 0.3 is 0 Å². The van der Waals surface area contributed by atoms with E-state index in [0.717, 1.165) is 18.1 Å². The predicted molar refractivity (Wildman–Crippen MR) is 83.5 cm³/mol. The number of para-hydroxylation sites is 1. The van der Waals surface area contributed by atoms with E-state index in [-0.39, 0.29) is 6.04 Å². The molecule has 1 aromatic carbocycles. The van der Waals surface area contributed by atoms with Gasteiger partial charge in [-0.15, -0.1) is 0 Å². The molecule has 1 aliphatic carbocycles. The molecular formula is C17H28N2O. The highest BCUT2D eigenvalue weighted by molar-refractivity contribution is 5.35. The van der Waals surface area contributed by atoms with Gasteiger partial charge in [0.1, 0.15) is 5.75 Å². The Balaban J connectivity index is 1.96. The molecule has 0 saturated heterocycles. The van der Waals surface area contributed by atoms with Gasteiger partial charge in [-0.2, -0.15) is 0 Å². The molecule has 0 radical (unpaired) electrons. The van der Waals surface area contributed by atoms with E-state index in [1.54, 1.807) is 0 Å². The number of hydrogen-bond acceptors (Lipinski definition) is 3. The van der Waals surface area contributed by atoms with Crippen molar-refractivity contribution in [3.8, 4) is 5.75 Å². The number of benzene rings is 1. The largest absolute Gasteiger partial charge is 0.494 e. The van der Waals surface area contributed by atoms with E-state index in [4.69, 9.17) is 10.6 Å². The summed E-state index contributed by atoms with van der Waals surface area (Å²) >= 11 is 0. The first-order valence-electron chi connectivity index (χ1n) is 8.03. The molecule has 0 aromatic heterocycles. The number of hydrogen-bond donors (Lipinski definition) is 2. The summed E-state index contributed by atoms with van der Waals surface area (Å²) in [6.07, 6.45) is 9.36. The highest BCUT2D eigenvalue weighted by Crippen LogP contribution is 2.32. The van der Waals surface area contributed by atoms with Gasteiger partial charge in [-0.25, -0.2) is 0 Å². The Morgan fingerprint density at radius 3 is 2.70 bits per heavy atom. The Hall–Kier alpha value is -1.06. The Kier molecular flexibility index (Phi) is 6.34. The normalized spacial score (nSPS) is 17.9. The molecule has 0 spiro atoms. The van der Waals surface area contributed by atoms with E-state index in [0.29, 0.717) is 6.61 Å². The monoisotopic (exact) mass is 276 g/mol. The molecule has 1 fully saturated rings. The molecule has 1 saturated carbocycles. The van der Waals surface area contributed by atoms with Gasteiger partial charge in [0.05, 0.1) is 6.61 Å². The zero-order valence-corrected chi connectivity index (χ0v) is 12.6. The summed E-state index contributed by atoms with van der Waals surface area (Å²) in [7, 11) is 0. The average molecular weight is 276 g/mol. The lowest BCUT2D eigenvalue weighted by molar-refractivity contribution is 0.305. The van der Waals surface area contributed by atoms with Crippen molar-refractivity contribution in [3.63, 3.8) is 0 Å². The van der Waals surface area contributed by atoms with Gasteiger partial charge in [-0.3, -0.25) is 11.3 Å². The zero-order valence-electron chi connectivity index (χ0n) is 12.6. The van der Waals surface area contributed by atoms with Crippen LogP contribution >= 0.6 is 0 Å². The van der Waals surface area contributed by atoms with Crippen LogP contribution in [0.4, 0.5) is 0 Å². The van der Waals surface area contributed by atoms with Gasteiger partial charge in [0, 0.05) is 11.6 Å². The van der Waals surface area contributed by atoms with Crippen molar-refractivity contribution in [2.45, 2.75) is 57.9 Å². The van der Waals surface area contributed by atoms with Crippen LogP contribution in [-0.2, 0) is 0 Å². The fourth-order valence-corrected chi connectivity index (χ4v) is 3.26. The Morgan fingerprint density at radius 1 is 1.25 bits per heavy atom. The molecule has 3 nitrogen and oxygen atoms in total. The molecule has 0 bridgehead atoms. The molecule has 112 valence electrons. The van der Waals surface area contributed by atoms with Crippen LogP contribution in [0.3, 0.4) is 0 Å². The van der Waals surface area contributed by atoms with Crippen LogP contribution in [0.5, 0.6) is 5.75 Å². The summed E-state index contributed by atoms with van der Waals surface area (Å²) in [6.45, 7) is 2.71. The first kappa shape index (κ1) is 15.3. The molecule has 1 aliphatic rings. The molecule has 2 rings (SSSR count). The number of nitrogens with one attached hydrogen (secondary N) is 1. The molecule has 0 amide bonds. The van der Waals surface area contributed by atoms with Crippen molar-refractivity contribution in [1.29, 1.82) is 0 Å². The third-order valence-electron chi connectivity index (χ3n) is 4.38. The summed E-state index contributed by atoms with van der Waals surface area (Å²) in [5, 5.41) is 0. The first-order chi connectivity index (χ1) is 9.85. The second kappa shape index (κ2) is 8.28. The maximum absolute atomic E-state index is 5.78. The van der Waals surface area contributed by atoms with Crippen LogP contribution in [0, 0.1) is 5.92 Å². The fourth-order valence-electron chi connectivity index (χ4n) is 3.26. The maximum Gasteiger partial charge on any atom is 0.124 e. The van der Waals surface area contributed by atoms with E-state index >= 15 is 0 Å². The van der Waals surface area contributed by atoms with Crippen LogP contribution in [0.25, 0.3) is 0 Å². The molecule has 3 N–H and O–H groups in total. The standard InChI is InChI=1S/C17H28N2O/c1-2-20-17-11-7-6-10-15(17)16(19-18)13-12-14-8-4-3-5-9-14/h6-7,10-11,14,16,19H,2-5,8-9,12-13,18H2,1H3. The summed E-state index contributed by atoms with van der Waals surface area (Å²) in [4.78, 5) is 0. The molecular weight excluding hydrogens is 248 g/mol. The van der Waals surface area contributed by atoms with Crippen molar-refractivity contribution >= 4 is 0 Å². The van der Waals surface area contributed by atoms with Crippen LogP contribution in [0.15, 0.2) is 24.3 Å². The van der Waals surface area contributed by atoms with Crippen molar-refractivity contribution < 1.29 is 4.74 Å². The Morgan fingerprint density at radius 2 is 2.00 bits per heavy atom. The SMILES string of the molecule is CCOc1ccccc1C(CCC1CCCCC1)NN. The number of nitrogens with two attached hydrogens (primary N) is 1. The minimum atomic E-state index is 0.194. The van der Waals surface area contributed by atoms with Crippen LogP contribution < -0.4 is 16.0 Å². The quantitative estimate of drug-likeness (QED) is 0.585. The van der Waals surface area contributed by atoms with E-state index in [1.165, 1.54) is 44.1 Å². The van der Waals surface area contributed by atoms with Gasteiger partial charge in [0.15, 0.2) is 0 Å². The van der Waals surface area contributed by atoms with Gasteiger partial charge in [0.25, 0.3) is 0 Å². The second-order valence-corrected chi connectivity index (χ2v) is 5.77. The van der Waals surface area contributed by atoms with Crippen molar-refractivity contribution in [3.05, 3.63) is 29.8 Å². The summed E-state index contributed by atoms with van der Waals surface area (Å²) in [5.74, 6) is 7.63. The van der Waals surface area contributed by atoms with Gasteiger partial charge in [-0.1, -0.05) is 50.3 Å². The maximum atomic E-state index is 5.78. The van der Waals surface area contributed by atoms with Crippen molar-refractivity contribution in [1.82, 2.24) is 5.43 Å². The minimum Gasteiger partial charge on any atom is -0.494 e. The Bertz CT molecular complexity index is 388. The number of hydrazine groups is 1. The highest BCUT2D eigenvalue weighted by atomic mass is 16.5. The van der Waals surface area contributed by atoms with E-state index in [2.05, 4.69) is 17.6 Å². The number of rotatable bonds is 7. The fraction of sp³-hybridized carbons (Fsp3) is 0.647. The molecule has 1 aromatic rings. The summed E-state index contributed by atoms with van der Waals surface area (Å²) in [6, 6.07) is 8.42. The highest BCUT2D eigenvalue weighted by Gasteiger charge is 2.18. The van der Waals surface area contributed by atoms with E-state index in [9.17, 15) is 0 Å². The average Bonchev–Trinajstić information content (AvgIpc) is 2.51. The lowest BCUT2D eigenvalue weighted by Gasteiger charge is -2.25. The molecule has 0 heterocycles. The third kappa shape index (κ3) is 4.22. The third-order valence-corrected chi connectivity index (χ3v) is 4.38. The lowest BCUT2D eigenvalue weighted by Crippen LogP contribution is -2.29. The Labute approximate surface area is 122 Å². The van der Waals surface area contributed by atoms with Crippen LogP contribution in [-0.4, -0.2) is 6.61 Å². The second-order valence-electron chi connectivity index (χ2n) is 5.77. The van der Waals surface area contributed by atoms with Crippen LogP contribution in [0.1, 0.15) is 63.5 Å². The number of ether oxygens (including phenoxy) is 1. The lowest BCUT2D eigenvalue weighted by atomic mass is 9.84. The van der Waals surface area contributed by atoms with Gasteiger partial charge in [0.2, 0.25) is 0 Å². The van der Waals surface area contributed by atoms with E-state index < -0.39 is 0 Å². The predicted octanol–water partition coefficient (Wildman–Crippen LogP) is 3.95. The molecule has 0 aliphatic heterocycles. The van der Waals surface area contributed by atoms with Gasteiger partial charge < -0.3 is 4.74 Å². The first-order valence-corrected chi connectivity index (χ1v) is 8.03. The van der Waals surface area contributed by atoms with Crippen LogP contribution in [0.2, 0.25) is 0 Å². The van der Waals surface area contributed by atoms with Crippen molar-refractivity contribution in [2.75, 3.05) is 6.61 Å².